The van der Waals surface area contributed by atoms with E-state index in [0.717, 1.165) is 22.4 Å². The first-order valence-corrected chi connectivity index (χ1v) is 5.59. The van der Waals surface area contributed by atoms with Gasteiger partial charge in [0.15, 0.2) is 0 Å². The topological polar surface area (TPSA) is 30.7 Å². The van der Waals surface area contributed by atoms with E-state index in [2.05, 4.69) is 39.7 Å². The van der Waals surface area contributed by atoms with E-state index in [1.807, 2.05) is 25.4 Å². The van der Waals surface area contributed by atoms with Crippen LogP contribution in [-0.4, -0.2) is 14.5 Å². The Hall–Kier alpha value is -2.16. The molecule has 1 aromatic carbocycles. The van der Waals surface area contributed by atoms with Crippen molar-refractivity contribution in [1.29, 1.82) is 0 Å². The van der Waals surface area contributed by atoms with Crippen molar-refractivity contribution in [2.75, 3.05) is 0 Å². The minimum Gasteiger partial charge on any atom is -0.327 e. The SMILES string of the molecule is Cc1ccc2c(c1)nc(-c1cccnc1)n2C. The van der Waals surface area contributed by atoms with Gasteiger partial charge < -0.3 is 4.57 Å². The zero-order chi connectivity index (χ0) is 11.8. The van der Waals surface area contributed by atoms with Gasteiger partial charge in [-0.1, -0.05) is 6.07 Å². The molecule has 0 aliphatic carbocycles. The Labute approximate surface area is 99.8 Å². The fraction of sp³-hybridized carbons (Fsp3) is 0.143. The van der Waals surface area contributed by atoms with Gasteiger partial charge in [0.2, 0.25) is 0 Å². The molecule has 2 heterocycles. The fourth-order valence-corrected chi connectivity index (χ4v) is 2.06. The molecule has 0 amide bonds. The molecule has 0 saturated carbocycles. The third-order valence-corrected chi connectivity index (χ3v) is 2.96. The van der Waals surface area contributed by atoms with Crippen molar-refractivity contribution >= 4 is 11.0 Å². The second kappa shape index (κ2) is 3.70. The molecule has 0 aliphatic rings. The van der Waals surface area contributed by atoms with Crippen LogP contribution in [0.4, 0.5) is 0 Å². The minimum absolute atomic E-state index is 0.957. The van der Waals surface area contributed by atoms with Crippen LogP contribution < -0.4 is 0 Å². The molecule has 0 atom stereocenters. The summed E-state index contributed by atoms with van der Waals surface area (Å²) < 4.78 is 2.10. The summed E-state index contributed by atoms with van der Waals surface area (Å²) in [5.74, 6) is 0.957. The van der Waals surface area contributed by atoms with E-state index in [1.54, 1.807) is 6.20 Å². The van der Waals surface area contributed by atoms with Gasteiger partial charge in [-0.05, 0) is 36.8 Å². The average Bonchev–Trinajstić information content (AvgIpc) is 2.67. The second-order valence-electron chi connectivity index (χ2n) is 4.23. The maximum Gasteiger partial charge on any atom is 0.142 e. The molecule has 3 rings (SSSR count). The van der Waals surface area contributed by atoms with E-state index < -0.39 is 0 Å². The number of hydrogen-bond donors (Lipinski definition) is 0. The molecule has 3 aromatic rings. The number of rotatable bonds is 1. The molecule has 0 saturated heterocycles. The Morgan fingerprint density at radius 3 is 2.82 bits per heavy atom. The van der Waals surface area contributed by atoms with Crippen LogP contribution in [0.25, 0.3) is 22.4 Å². The Balaban J connectivity index is 2.28. The van der Waals surface area contributed by atoms with Crippen molar-refractivity contribution in [3.05, 3.63) is 48.3 Å². The zero-order valence-electron chi connectivity index (χ0n) is 9.88. The summed E-state index contributed by atoms with van der Waals surface area (Å²) in [5, 5.41) is 0. The lowest BCUT2D eigenvalue weighted by Crippen LogP contribution is -1.92. The lowest BCUT2D eigenvalue weighted by Gasteiger charge is -2.01. The van der Waals surface area contributed by atoms with Crippen LogP contribution in [0, 0.1) is 6.92 Å². The molecule has 0 spiro atoms. The second-order valence-corrected chi connectivity index (χ2v) is 4.23. The first-order valence-electron chi connectivity index (χ1n) is 5.59. The molecule has 0 fully saturated rings. The Morgan fingerprint density at radius 1 is 1.18 bits per heavy atom. The largest absolute Gasteiger partial charge is 0.327 e. The number of aromatic nitrogens is 3. The van der Waals surface area contributed by atoms with Crippen LogP contribution in [0.3, 0.4) is 0 Å². The molecular weight excluding hydrogens is 210 g/mol. The number of fused-ring (bicyclic) bond motifs is 1. The monoisotopic (exact) mass is 223 g/mol. The first-order chi connectivity index (χ1) is 8.25. The van der Waals surface area contributed by atoms with Crippen molar-refractivity contribution in [3.63, 3.8) is 0 Å². The highest BCUT2D eigenvalue weighted by molar-refractivity contribution is 5.81. The minimum atomic E-state index is 0.957. The highest BCUT2D eigenvalue weighted by atomic mass is 15.1. The zero-order valence-corrected chi connectivity index (χ0v) is 9.88. The summed E-state index contributed by atoms with van der Waals surface area (Å²) in [7, 11) is 2.03. The van der Waals surface area contributed by atoms with E-state index in [-0.39, 0.29) is 0 Å². The van der Waals surface area contributed by atoms with Gasteiger partial charge in [0.25, 0.3) is 0 Å². The van der Waals surface area contributed by atoms with Gasteiger partial charge in [-0.15, -0.1) is 0 Å². The summed E-state index contributed by atoms with van der Waals surface area (Å²) in [6.07, 6.45) is 3.62. The number of aryl methyl sites for hydroxylation is 2. The summed E-state index contributed by atoms with van der Waals surface area (Å²) >= 11 is 0. The summed E-state index contributed by atoms with van der Waals surface area (Å²) in [6.45, 7) is 2.08. The summed E-state index contributed by atoms with van der Waals surface area (Å²) in [4.78, 5) is 8.80. The van der Waals surface area contributed by atoms with Gasteiger partial charge in [0, 0.05) is 25.0 Å². The molecule has 17 heavy (non-hydrogen) atoms. The van der Waals surface area contributed by atoms with Gasteiger partial charge >= 0.3 is 0 Å². The number of imidazole rings is 1. The lowest BCUT2D eigenvalue weighted by atomic mass is 10.2. The van der Waals surface area contributed by atoms with Gasteiger partial charge in [-0.3, -0.25) is 4.98 Å². The maximum absolute atomic E-state index is 4.67. The molecule has 0 bridgehead atoms. The normalized spacial score (nSPS) is 10.9. The molecule has 3 heteroatoms. The van der Waals surface area contributed by atoms with Crippen molar-refractivity contribution < 1.29 is 0 Å². The summed E-state index contributed by atoms with van der Waals surface area (Å²) in [6, 6.07) is 10.3. The molecule has 0 aliphatic heterocycles. The van der Waals surface area contributed by atoms with Gasteiger partial charge in [0.1, 0.15) is 5.82 Å². The van der Waals surface area contributed by atoms with Crippen molar-refractivity contribution in [3.8, 4) is 11.4 Å². The van der Waals surface area contributed by atoms with Gasteiger partial charge in [0.05, 0.1) is 11.0 Å². The molecule has 0 N–H and O–H groups in total. The Kier molecular flexibility index (Phi) is 2.18. The van der Waals surface area contributed by atoms with E-state index in [1.165, 1.54) is 5.56 Å². The van der Waals surface area contributed by atoms with Gasteiger partial charge in [-0.2, -0.15) is 0 Å². The summed E-state index contributed by atoms with van der Waals surface area (Å²) in [5.41, 5.74) is 4.46. The van der Waals surface area contributed by atoms with Crippen molar-refractivity contribution in [2.45, 2.75) is 6.92 Å². The molecule has 2 aromatic heterocycles. The number of pyridine rings is 1. The van der Waals surface area contributed by atoms with E-state index in [0.29, 0.717) is 0 Å². The van der Waals surface area contributed by atoms with Crippen LogP contribution >= 0.6 is 0 Å². The van der Waals surface area contributed by atoms with Crippen molar-refractivity contribution in [1.82, 2.24) is 14.5 Å². The molecular formula is C14H13N3. The highest BCUT2D eigenvalue weighted by Gasteiger charge is 2.09. The first kappa shape index (κ1) is 10.0. The third kappa shape index (κ3) is 1.60. The van der Waals surface area contributed by atoms with Crippen LogP contribution in [0.5, 0.6) is 0 Å². The van der Waals surface area contributed by atoms with Crippen LogP contribution in [-0.2, 0) is 7.05 Å². The maximum atomic E-state index is 4.67. The average molecular weight is 223 g/mol. The Bertz CT molecular complexity index is 669. The Morgan fingerprint density at radius 2 is 2.06 bits per heavy atom. The predicted octanol–water partition coefficient (Wildman–Crippen LogP) is 2.94. The molecule has 0 unspecified atom stereocenters. The number of nitrogens with zero attached hydrogens (tertiary/aromatic N) is 3. The van der Waals surface area contributed by atoms with Crippen LogP contribution in [0.1, 0.15) is 5.56 Å². The lowest BCUT2D eigenvalue weighted by molar-refractivity contribution is 0.957. The number of benzene rings is 1. The standard InChI is InChI=1S/C14H13N3/c1-10-5-6-13-12(8-10)16-14(17(13)2)11-4-3-7-15-9-11/h3-9H,1-2H3. The predicted molar refractivity (Wildman–Crippen MR) is 68.7 cm³/mol. The van der Waals surface area contributed by atoms with E-state index in [4.69, 9.17) is 0 Å². The smallest absolute Gasteiger partial charge is 0.142 e. The molecule has 84 valence electrons. The van der Waals surface area contributed by atoms with Crippen molar-refractivity contribution in [2.24, 2.45) is 7.05 Å². The van der Waals surface area contributed by atoms with Gasteiger partial charge in [-0.25, -0.2) is 4.98 Å². The van der Waals surface area contributed by atoms with E-state index >= 15 is 0 Å². The van der Waals surface area contributed by atoms with E-state index in [9.17, 15) is 0 Å². The fourth-order valence-electron chi connectivity index (χ4n) is 2.06. The third-order valence-electron chi connectivity index (χ3n) is 2.96. The highest BCUT2D eigenvalue weighted by Crippen LogP contribution is 2.23. The van der Waals surface area contributed by atoms with Crippen LogP contribution in [0.15, 0.2) is 42.7 Å². The molecule has 3 nitrogen and oxygen atoms in total. The number of hydrogen-bond acceptors (Lipinski definition) is 2. The quantitative estimate of drug-likeness (QED) is 0.635. The molecule has 0 radical (unpaired) electrons. The van der Waals surface area contributed by atoms with Crippen LogP contribution in [0.2, 0.25) is 0 Å².